The molecule has 0 radical (unpaired) electrons. The Hall–Kier alpha value is -4.96. The molecule has 5 rings (SSSR count). The van der Waals surface area contributed by atoms with Crippen LogP contribution in [0, 0.1) is 6.92 Å². The van der Waals surface area contributed by atoms with E-state index in [1.807, 2.05) is 43.3 Å². The zero-order chi connectivity index (χ0) is 30.9. The molecular weight excluding hydrogens is 560 g/mol. The van der Waals surface area contributed by atoms with Crippen LogP contribution in [0.1, 0.15) is 42.4 Å². The third-order valence-corrected chi connectivity index (χ3v) is 7.10. The first-order valence-corrected chi connectivity index (χ1v) is 14.6. The molecule has 0 aliphatic carbocycles. The quantitative estimate of drug-likeness (QED) is 0.142. The van der Waals surface area contributed by atoms with Gasteiger partial charge in [0, 0.05) is 30.7 Å². The summed E-state index contributed by atoms with van der Waals surface area (Å²) >= 11 is 0. The van der Waals surface area contributed by atoms with E-state index >= 15 is 0 Å². The molecule has 3 aromatic carbocycles. The number of nitrogens with one attached hydrogen (secondary N) is 1. The Morgan fingerprint density at radius 3 is 2.41 bits per heavy atom. The Bertz CT molecular complexity index is 1750. The maximum absolute atomic E-state index is 11.6. The molecule has 0 saturated carbocycles. The first kappa shape index (κ1) is 30.5. The van der Waals surface area contributed by atoms with Crippen LogP contribution >= 0.6 is 0 Å². The average molecular weight is 597 g/mol. The van der Waals surface area contributed by atoms with Crippen LogP contribution in [0.3, 0.4) is 0 Å². The molecule has 44 heavy (non-hydrogen) atoms. The number of aryl methyl sites for hydroxylation is 2. The molecule has 0 bridgehead atoms. The van der Waals surface area contributed by atoms with E-state index in [0.717, 1.165) is 52.8 Å². The lowest BCUT2D eigenvalue weighted by Crippen LogP contribution is -2.07. The van der Waals surface area contributed by atoms with Gasteiger partial charge in [-0.25, -0.2) is 9.78 Å². The summed E-state index contributed by atoms with van der Waals surface area (Å²) in [4.78, 5) is 23.7. The second-order valence-electron chi connectivity index (χ2n) is 10.2. The molecule has 10 nitrogen and oxygen atoms in total. The van der Waals surface area contributed by atoms with Crippen molar-refractivity contribution in [2.24, 2.45) is 0 Å². The number of aromatic nitrogens is 4. The van der Waals surface area contributed by atoms with Gasteiger partial charge in [-0.2, -0.15) is 4.98 Å². The van der Waals surface area contributed by atoms with Gasteiger partial charge in [-0.3, -0.25) is 9.51 Å². The number of nitrogens with zero attached hydrogens (tertiary/aromatic N) is 3. The van der Waals surface area contributed by atoms with Crippen molar-refractivity contribution in [3.05, 3.63) is 99.9 Å². The number of rotatable bonds is 14. The van der Waals surface area contributed by atoms with Crippen molar-refractivity contribution in [1.82, 2.24) is 20.1 Å². The minimum absolute atomic E-state index is 0.389. The van der Waals surface area contributed by atoms with Gasteiger partial charge >= 0.3 is 5.76 Å². The zero-order valence-corrected chi connectivity index (χ0v) is 25.4. The van der Waals surface area contributed by atoms with E-state index in [1.165, 1.54) is 0 Å². The van der Waals surface area contributed by atoms with E-state index in [4.69, 9.17) is 33.4 Å². The van der Waals surface area contributed by atoms with Gasteiger partial charge in [0.25, 0.3) is 0 Å². The Labute approximate surface area is 256 Å². The highest BCUT2D eigenvalue weighted by atomic mass is 16.5. The van der Waals surface area contributed by atoms with Gasteiger partial charge in [-0.15, -0.1) is 0 Å². The first-order valence-electron chi connectivity index (χ1n) is 14.6. The van der Waals surface area contributed by atoms with Gasteiger partial charge < -0.3 is 18.9 Å². The second-order valence-corrected chi connectivity index (χ2v) is 10.2. The highest BCUT2D eigenvalue weighted by Crippen LogP contribution is 2.36. The van der Waals surface area contributed by atoms with Crippen molar-refractivity contribution in [3.8, 4) is 45.6 Å². The maximum atomic E-state index is 11.6. The Morgan fingerprint density at radius 2 is 1.70 bits per heavy atom. The monoisotopic (exact) mass is 596 g/mol. The lowest BCUT2D eigenvalue weighted by atomic mass is 9.96. The molecule has 1 N–H and O–H groups in total. The molecule has 2 aromatic heterocycles. The Balaban J connectivity index is 1.44. The molecule has 0 amide bonds. The van der Waals surface area contributed by atoms with Gasteiger partial charge in [0.1, 0.15) is 18.2 Å². The topological polar surface area (TPSA) is 122 Å². The van der Waals surface area contributed by atoms with Gasteiger partial charge in [-0.1, -0.05) is 67.0 Å². The normalized spacial score (nSPS) is 11.0. The molecule has 0 saturated heterocycles. The number of H-pyrrole nitrogens is 1. The van der Waals surface area contributed by atoms with E-state index in [1.54, 1.807) is 20.3 Å². The van der Waals surface area contributed by atoms with Crippen LogP contribution in [-0.2, 0) is 17.6 Å². The van der Waals surface area contributed by atoms with Gasteiger partial charge in [0.05, 0.1) is 19.4 Å². The second kappa shape index (κ2) is 14.5. The molecule has 0 fully saturated rings. The van der Waals surface area contributed by atoms with E-state index in [-0.39, 0.29) is 0 Å². The van der Waals surface area contributed by atoms with E-state index < -0.39 is 5.76 Å². The number of unbranched alkanes of at least 4 members (excludes halogenated alkanes) is 1. The summed E-state index contributed by atoms with van der Waals surface area (Å²) in [6.07, 6.45) is 3.46. The summed E-state index contributed by atoms with van der Waals surface area (Å²) in [6.45, 7) is 4.93. The third kappa shape index (κ3) is 7.33. The SMILES string of the molecule is CCCCc1nc(C)nc(Oc2ccc(OCCOC)c(OC)c2)c1Cc1ccc(-c2ccccc2-c2noc(=O)[nH]2)cc1. The first-order chi connectivity index (χ1) is 21.5. The summed E-state index contributed by atoms with van der Waals surface area (Å²) in [7, 11) is 3.23. The molecule has 228 valence electrons. The molecule has 5 aromatic rings. The third-order valence-electron chi connectivity index (χ3n) is 7.10. The van der Waals surface area contributed by atoms with Crippen molar-refractivity contribution in [2.45, 2.75) is 39.5 Å². The van der Waals surface area contributed by atoms with Gasteiger partial charge in [0.2, 0.25) is 5.88 Å². The summed E-state index contributed by atoms with van der Waals surface area (Å²) in [5, 5.41) is 3.87. The summed E-state index contributed by atoms with van der Waals surface area (Å²) in [5.41, 5.74) is 5.69. The van der Waals surface area contributed by atoms with Crippen molar-refractivity contribution in [1.29, 1.82) is 0 Å². The molecular formula is C34H36N4O6. The van der Waals surface area contributed by atoms with Crippen molar-refractivity contribution < 1.29 is 23.5 Å². The van der Waals surface area contributed by atoms with Crippen LogP contribution in [0.5, 0.6) is 23.1 Å². The number of ether oxygens (including phenoxy) is 4. The van der Waals surface area contributed by atoms with Crippen LogP contribution < -0.4 is 20.0 Å². The molecule has 10 heteroatoms. The van der Waals surface area contributed by atoms with Crippen molar-refractivity contribution in [2.75, 3.05) is 27.4 Å². The summed E-state index contributed by atoms with van der Waals surface area (Å²) in [6, 6.07) is 21.5. The Kier molecular flexibility index (Phi) is 10.0. The fourth-order valence-electron chi connectivity index (χ4n) is 4.91. The standard InChI is InChI=1S/C34H36N4O6/c1-5-6-11-29-28(33(36-22(2)35-29)43-25-16-17-30(31(21-25)41-4)42-19-18-40-3)20-23-12-14-24(15-13-23)26-9-7-8-10-27(26)32-37-34(39)44-38-32/h7-10,12-17,21H,5-6,11,18-20H2,1-4H3,(H,37,38,39). The fraction of sp³-hybridized carbons (Fsp3) is 0.294. The van der Waals surface area contributed by atoms with Gasteiger partial charge in [0.15, 0.2) is 17.3 Å². The summed E-state index contributed by atoms with van der Waals surface area (Å²) in [5.74, 6) is 2.72. The average Bonchev–Trinajstić information content (AvgIpc) is 3.48. The predicted molar refractivity (Wildman–Crippen MR) is 167 cm³/mol. The lowest BCUT2D eigenvalue weighted by molar-refractivity contribution is 0.144. The van der Waals surface area contributed by atoms with Crippen LogP contribution in [-0.4, -0.2) is 47.5 Å². The van der Waals surface area contributed by atoms with Gasteiger partial charge in [-0.05, 0) is 48.6 Å². The Morgan fingerprint density at radius 1 is 0.909 bits per heavy atom. The number of hydrogen-bond donors (Lipinski definition) is 1. The smallest absolute Gasteiger partial charge is 0.439 e. The minimum Gasteiger partial charge on any atom is -0.493 e. The van der Waals surface area contributed by atoms with E-state index in [2.05, 4.69) is 41.3 Å². The molecule has 0 unspecified atom stereocenters. The molecule has 0 aliphatic rings. The van der Waals surface area contributed by atoms with Crippen LogP contribution in [0.25, 0.3) is 22.5 Å². The molecule has 0 atom stereocenters. The number of benzene rings is 3. The summed E-state index contributed by atoms with van der Waals surface area (Å²) < 4.78 is 27.6. The largest absolute Gasteiger partial charge is 0.493 e. The zero-order valence-electron chi connectivity index (χ0n) is 25.4. The molecule has 0 aliphatic heterocycles. The maximum Gasteiger partial charge on any atom is 0.439 e. The van der Waals surface area contributed by atoms with Crippen molar-refractivity contribution in [3.63, 3.8) is 0 Å². The predicted octanol–water partition coefficient (Wildman–Crippen LogP) is 6.55. The van der Waals surface area contributed by atoms with E-state index in [9.17, 15) is 4.79 Å². The highest BCUT2D eigenvalue weighted by molar-refractivity contribution is 5.80. The highest BCUT2D eigenvalue weighted by Gasteiger charge is 2.18. The van der Waals surface area contributed by atoms with Crippen molar-refractivity contribution >= 4 is 0 Å². The lowest BCUT2D eigenvalue weighted by Gasteiger charge is -2.17. The fourth-order valence-corrected chi connectivity index (χ4v) is 4.91. The van der Waals surface area contributed by atoms with E-state index in [0.29, 0.717) is 54.4 Å². The molecule has 2 heterocycles. The number of hydrogen-bond acceptors (Lipinski definition) is 9. The van der Waals surface area contributed by atoms with Crippen LogP contribution in [0.2, 0.25) is 0 Å². The minimum atomic E-state index is -0.591. The van der Waals surface area contributed by atoms with Crippen LogP contribution in [0.4, 0.5) is 0 Å². The number of methoxy groups -OCH3 is 2. The number of aromatic amines is 1. The van der Waals surface area contributed by atoms with Crippen LogP contribution in [0.15, 0.2) is 76.0 Å². The molecule has 0 spiro atoms.